The zero-order valence-electron chi connectivity index (χ0n) is 6.18. The van der Waals surface area contributed by atoms with Crippen LogP contribution in [-0.4, -0.2) is 13.1 Å². The smallest absolute Gasteiger partial charge is 0.302 e. The van der Waals surface area contributed by atoms with E-state index in [1.807, 2.05) is 0 Å². The van der Waals surface area contributed by atoms with Crippen molar-refractivity contribution in [3.63, 3.8) is 0 Å². The van der Waals surface area contributed by atoms with Crippen LogP contribution in [0.5, 0.6) is 0 Å². The van der Waals surface area contributed by atoms with Crippen molar-refractivity contribution in [3.05, 3.63) is 23.8 Å². The topological polar surface area (TPSA) is 12.0 Å². The van der Waals surface area contributed by atoms with E-state index in [2.05, 4.69) is 0 Å². The SMILES string of the molecule is FC(F)=C(F)CNCC(F)=C(F)F. The molecule has 0 rings (SSSR count). The lowest BCUT2D eigenvalue weighted by atomic mass is 10.5. The molecule has 0 aliphatic rings. The lowest BCUT2D eigenvalue weighted by Gasteiger charge is -1.98. The van der Waals surface area contributed by atoms with Gasteiger partial charge in [-0.15, -0.1) is 0 Å². The number of rotatable bonds is 4. The van der Waals surface area contributed by atoms with Gasteiger partial charge in [0.05, 0.1) is 13.1 Å². The normalized spacial score (nSPS) is 9.69. The first-order valence-electron chi connectivity index (χ1n) is 3.05. The summed E-state index contributed by atoms with van der Waals surface area (Å²) < 4.78 is 69.1. The van der Waals surface area contributed by atoms with Gasteiger partial charge in [-0.2, -0.15) is 17.6 Å². The summed E-state index contributed by atoms with van der Waals surface area (Å²) in [5, 5.41) is 1.72. The molecule has 0 heterocycles. The maximum absolute atomic E-state index is 11.9. The van der Waals surface area contributed by atoms with Crippen molar-refractivity contribution in [1.82, 2.24) is 5.32 Å². The molecule has 13 heavy (non-hydrogen) atoms. The fourth-order valence-electron chi connectivity index (χ4n) is 0.416. The molecule has 0 saturated carbocycles. The first-order chi connectivity index (χ1) is 5.95. The maximum Gasteiger partial charge on any atom is 0.302 e. The number of hydrogen-bond donors (Lipinski definition) is 1. The Kier molecular flexibility index (Phi) is 5.20. The van der Waals surface area contributed by atoms with Gasteiger partial charge in [-0.3, -0.25) is 0 Å². The average molecular weight is 205 g/mol. The van der Waals surface area contributed by atoms with Crippen LogP contribution in [-0.2, 0) is 0 Å². The van der Waals surface area contributed by atoms with Crippen molar-refractivity contribution in [3.8, 4) is 0 Å². The summed E-state index contributed by atoms with van der Waals surface area (Å²) >= 11 is 0. The lowest BCUT2D eigenvalue weighted by molar-refractivity contribution is 0.361. The van der Waals surface area contributed by atoms with Gasteiger partial charge >= 0.3 is 12.2 Å². The van der Waals surface area contributed by atoms with Gasteiger partial charge in [-0.1, -0.05) is 0 Å². The van der Waals surface area contributed by atoms with Gasteiger partial charge in [0.25, 0.3) is 0 Å². The van der Waals surface area contributed by atoms with E-state index in [9.17, 15) is 26.3 Å². The minimum atomic E-state index is -2.56. The Bertz CT molecular complexity index is 201. The number of halogens is 6. The van der Waals surface area contributed by atoms with Crippen LogP contribution in [0.4, 0.5) is 26.3 Å². The van der Waals surface area contributed by atoms with Crippen LogP contribution in [0.15, 0.2) is 23.8 Å². The van der Waals surface area contributed by atoms with Crippen molar-refractivity contribution in [1.29, 1.82) is 0 Å². The van der Waals surface area contributed by atoms with E-state index in [4.69, 9.17) is 0 Å². The second kappa shape index (κ2) is 5.63. The van der Waals surface area contributed by atoms with Crippen LogP contribution in [0.1, 0.15) is 0 Å². The Morgan fingerprint density at radius 2 is 1.00 bits per heavy atom. The van der Waals surface area contributed by atoms with Crippen LogP contribution in [0.2, 0.25) is 0 Å². The molecule has 0 atom stereocenters. The summed E-state index contributed by atoms with van der Waals surface area (Å²) in [6.07, 6.45) is -5.12. The third kappa shape index (κ3) is 5.29. The van der Waals surface area contributed by atoms with Crippen molar-refractivity contribution in [2.75, 3.05) is 13.1 Å². The van der Waals surface area contributed by atoms with E-state index in [0.717, 1.165) is 0 Å². The first-order valence-corrected chi connectivity index (χ1v) is 3.05. The van der Waals surface area contributed by atoms with Gasteiger partial charge in [0.1, 0.15) is 0 Å². The summed E-state index contributed by atoms with van der Waals surface area (Å²) in [4.78, 5) is 0. The van der Waals surface area contributed by atoms with Gasteiger partial charge in [-0.05, 0) is 0 Å². The molecule has 0 aliphatic heterocycles. The summed E-state index contributed by atoms with van der Waals surface area (Å²) in [5.41, 5.74) is 0. The van der Waals surface area contributed by atoms with Crippen LogP contribution in [0, 0.1) is 0 Å². The molecule has 0 aromatic rings. The zero-order valence-corrected chi connectivity index (χ0v) is 6.18. The molecule has 0 bridgehead atoms. The maximum atomic E-state index is 11.9. The van der Waals surface area contributed by atoms with E-state index in [1.54, 1.807) is 5.32 Å². The minimum Gasteiger partial charge on any atom is -0.304 e. The Morgan fingerprint density at radius 1 is 0.692 bits per heavy atom. The van der Waals surface area contributed by atoms with Gasteiger partial charge in [0.2, 0.25) is 0 Å². The Morgan fingerprint density at radius 3 is 1.23 bits per heavy atom. The highest BCUT2D eigenvalue weighted by atomic mass is 19.3. The molecule has 0 aromatic carbocycles. The molecule has 1 nitrogen and oxygen atoms in total. The van der Waals surface area contributed by atoms with Crippen LogP contribution in [0.25, 0.3) is 0 Å². The predicted octanol–water partition coefficient (Wildman–Crippen LogP) is 2.73. The molecule has 0 amide bonds. The van der Waals surface area contributed by atoms with Crippen LogP contribution in [0.3, 0.4) is 0 Å². The average Bonchev–Trinajstić information content (AvgIpc) is 2.03. The zero-order chi connectivity index (χ0) is 10.4. The van der Waals surface area contributed by atoms with Crippen molar-refractivity contribution < 1.29 is 26.3 Å². The van der Waals surface area contributed by atoms with Crippen LogP contribution >= 0.6 is 0 Å². The molecule has 0 aliphatic carbocycles. The molecule has 0 fully saturated rings. The molecule has 0 unspecified atom stereocenters. The van der Waals surface area contributed by atoms with E-state index < -0.39 is 36.9 Å². The highest BCUT2D eigenvalue weighted by molar-refractivity contribution is 4.98. The monoisotopic (exact) mass is 205 g/mol. The van der Waals surface area contributed by atoms with Gasteiger partial charge in [0, 0.05) is 0 Å². The fraction of sp³-hybridized carbons (Fsp3) is 0.333. The van der Waals surface area contributed by atoms with Crippen molar-refractivity contribution >= 4 is 0 Å². The van der Waals surface area contributed by atoms with E-state index in [0.29, 0.717) is 0 Å². The summed E-state index contributed by atoms with van der Waals surface area (Å²) in [6, 6.07) is 0. The molecule has 7 heteroatoms. The summed E-state index contributed by atoms with van der Waals surface area (Å²) in [6.45, 7) is -1.97. The second-order valence-electron chi connectivity index (χ2n) is 1.93. The minimum absolute atomic E-state index is 0.983. The third-order valence-corrected chi connectivity index (χ3v) is 0.971. The predicted molar refractivity (Wildman–Crippen MR) is 33.6 cm³/mol. The van der Waals surface area contributed by atoms with Gasteiger partial charge in [-0.25, -0.2) is 8.78 Å². The molecule has 0 spiro atoms. The quantitative estimate of drug-likeness (QED) is 0.695. The largest absolute Gasteiger partial charge is 0.304 e. The van der Waals surface area contributed by atoms with Gasteiger partial charge in [0.15, 0.2) is 11.7 Å². The molecule has 76 valence electrons. The third-order valence-electron chi connectivity index (χ3n) is 0.971. The molecule has 0 radical (unpaired) electrons. The molecule has 1 N–H and O–H groups in total. The number of hydrogen-bond acceptors (Lipinski definition) is 1. The first kappa shape index (κ1) is 12.0. The lowest BCUT2D eigenvalue weighted by Crippen LogP contribution is -2.18. The van der Waals surface area contributed by atoms with Gasteiger partial charge < -0.3 is 5.32 Å². The van der Waals surface area contributed by atoms with Crippen molar-refractivity contribution in [2.45, 2.75) is 0 Å². The summed E-state index contributed by atoms with van der Waals surface area (Å²) in [5.74, 6) is -3.60. The Labute approximate surface area is 69.7 Å². The highest BCUT2D eigenvalue weighted by Gasteiger charge is 2.07. The fourth-order valence-corrected chi connectivity index (χ4v) is 0.416. The van der Waals surface area contributed by atoms with E-state index in [1.165, 1.54) is 0 Å². The van der Waals surface area contributed by atoms with E-state index in [-0.39, 0.29) is 0 Å². The molecule has 0 saturated heterocycles. The van der Waals surface area contributed by atoms with Crippen LogP contribution < -0.4 is 5.32 Å². The van der Waals surface area contributed by atoms with E-state index >= 15 is 0 Å². The molecular weight excluding hydrogens is 200 g/mol. The second-order valence-corrected chi connectivity index (χ2v) is 1.93. The Balaban J connectivity index is 3.83. The molecule has 0 aromatic heterocycles. The standard InChI is InChI=1S/C6H5F6N/c7-3(5(9)10)1-13-2-4(8)6(11)12/h13H,1-2H2. The number of nitrogens with one attached hydrogen (secondary N) is 1. The van der Waals surface area contributed by atoms with Crippen molar-refractivity contribution in [2.24, 2.45) is 0 Å². The molecular formula is C6H5F6N. The highest BCUT2D eigenvalue weighted by Crippen LogP contribution is 2.09. The Hall–Kier alpha value is -0.980. The summed E-state index contributed by atoms with van der Waals surface area (Å²) in [7, 11) is 0.